The SMILES string of the molecule is CCNC(=O)C(C#N)CC1SC(CCNc2cccc(NC(=O)CN3CCC(C(F)(F)F)CC3)c2)C(=O)N1CC. The second-order valence-electron chi connectivity index (χ2n) is 9.95. The molecule has 2 aliphatic heterocycles. The van der Waals surface area contributed by atoms with E-state index in [9.17, 15) is 32.8 Å². The Morgan fingerprint density at radius 3 is 2.52 bits per heavy atom. The Morgan fingerprint density at radius 2 is 1.90 bits per heavy atom. The minimum Gasteiger partial charge on any atom is -0.385 e. The Morgan fingerprint density at radius 1 is 1.20 bits per heavy atom. The van der Waals surface area contributed by atoms with Crippen LogP contribution in [0.5, 0.6) is 0 Å². The molecule has 1 aromatic rings. The van der Waals surface area contributed by atoms with Gasteiger partial charge in [0.2, 0.25) is 17.7 Å². The fraction of sp³-hybridized carbons (Fsp3) is 0.630. The zero-order chi connectivity index (χ0) is 29.3. The number of hydrogen-bond donors (Lipinski definition) is 3. The predicted molar refractivity (Wildman–Crippen MR) is 148 cm³/mol. The highest BCUT2D eigenvalue weighted by Gasteiger charge is 2.42. The average Bonchev–Trinajstić information content (AvgIpc) is 3.21. The fourth-order valence-electron chi connectivity index (χ4n) is 4.98. The van der Waals surface area contributed by atoms with Crippen LogP contribution in [0.3, 0.4) is 0 Å². The standard InChI is InChI=1S/C27H37F3N6O3S/c1-3-32-25(38)18(16-31)14-24-36(4-2)26(39)22(40-24)8-11-33-20-6-5-7-21(15-20)34-23(37)17-35-12-9-19(10-13-35)27(28,29)30/h5-7,15,18-19,22,24,33H,3-4,8-14,17H2,1-2H3,(H,32,38)(H,34,37). The first-order valence-electron chi connectivity index (χ1n) is 13.6. The topological polar surface area (TPSA) is 118 Å². The van der Waals surface area contributed by atoms with Crippen LogP contribution < -0.4 is 16.0 Å². The second kappa shape index (κ2) is 14.6. The normalized spacial score (nSPS) is 21.1. The van der Waals surface area contributed by atoms with Crippen LogP contribution in [0.25, 0.3) is 0 Å². The van der Waals surface area contributed by atoms with Crippen molar-refractivity contribution in [1.29, 1.82) is 5.26 Å². The van der Waals surface area contributed by atoms with Gasteiger partial charge in [0.1, 0.15) is 5.92 Å². The van der Waals surface area contributed by atoms with E-state index in [0.717, 1.165) is 5.69 Å². The maximum Gasteiger partial charge on any atom is 0.391 e. The van der Waals surface area contributed by atoms with E-state index in [2.05, 4.69) is 22.0 Å². The third-order valence-electron chi connectivity index (χ3n) is 7.13. The number of carbonyl (C=O) groups excluding carboxylic acids is 3. The second-order valence-corrected chi connectivity index (χ2v) is 11.3. The van der Waals surface area contributed by atoms with Gasteiger partial charge in [0.05, 0.1) is 29.2 Å². The number of thioether (sulfide) groups is 1. The number of nitrogens with one attached hydrogen (secondary N) is 3. The molecule has 2 saturated heterocycles. The number of rotatable bonds is 12. The smallest absolute Gasteiger partial charge is 0.385 e. The summed E-state index contributed by atoms with van der Waals surface area (Å²) in [6.07, 6.45) is -3.36. The van der Waals surface area contributed by atoms with Crippen molar-refractivity contribution >= 4 is 40.9 Å². The third-order valence-corrected chi connectivity index (χ3v) is 8.66. The Balaban J connectivity index is 1.46. The van der Waals surface area contributed by atoms with E-state index in [0.29, 0.717) is 31.7 Å². The molecule has 13 heteroatoms. The van der Waals surface area contributed by atoms with E-state index in [1.165, 1.54) is 11.8 Å². The van der Waals surface area contributed by atoms with Crippen molar-refractivity contribution in [3.8, 4) is 6.07 Å². The molecule has 9 nitrogen and oxygen atoms in total. The molecule has 0 saturated carbocycles. The molecule has 2 fully saturated rings. The van der Waals surface area contributed by atoms with Gasteiger partial charge in [-0.2, -0.15) is 18.4 Å². The van der Waals surface area contributed by atoms with E-state index in [4.69, 9.17) is 0 Å². The molecule has 3 amide bonds. The molecular formula is C27H37F3N6O3S. The van der Waals surface area contributed by atoms with Gasteiger partial charge in [0, 0.05) is 37.4 Å². The van der Waals surface area contributed by atoms with Crippen LogP contribution in [0, 0.1) is 23.2 Å². The minimum absolute atomic E-state index is 0.00181. The highest BCUT2D eigenvalue weighted by molar-refractivity contribution is 8.01. The van der Waals surface area contributed by atoms with Crippen molar-refractivity contribution in [3.05, 3.63) is 24.3 Å². The van der Waals surface area contributed by atoms with Gasteiger partial charge in [0.15, 0.2) is 0 Å². The third kappa shape index (κ3) is 8.76. The molecule has 0 bridgehead atoms. The maximum atomic E-state index is 12.9. The zero-order valence-corrected chi connectivity index (χ0v) is 23.6. The largest absolute Gasteiger partial charge is 0.391 e. The Kier molecular flexibility index (Phi) is 11.5. The van der Waals surface area contributed by atoms with E-state index in [1.807, 2.05) is 13.0 Å². The summed E-state index contributed by atoms with van der Waals surface area (Å²) >= 11 is 1.48. The number of halogens is 3. The van der Waals surface area contributed by atoms with Crippen molar-refractivity contribution in [2.45, 2.75) is 56.3 Å². The number of likely N-dealkylation sites (tertiary alicyclic amines) is 1. The van der Waals surface area contributed by atoms with E-state index in [-0.39, 0.29) is 67.2 Å². The molecule has 0 radical (unpaired) electrons. The number of amides is 3. The summed E-state index contributed by atoms with van der Waals surface area (Å²) in [7, 11) is 0. The van der Waals surface area contributed by atoms with Crippen LogP contribution in [0.15, 0.2) is 24.3 Å². The van der Waals surface area contributed by atoms with Crippen molar-refractivity contribution in [3.63, 3.8) is 0 Å². The lowest BCUT2D eigenvalue weighted by Crippen LogP contribution is -2.42. The lowest BCUT2D eigenvalue weighted by atomic mass is 9.96. The van der Waals surface area contributed by atoms with Crippen molar-refractivity contribution in [2.75, 3.05) is 49.9 Å². The van der Waals surface area contributed by atoms with Crippen molar-refractivity contribution < 1.29 is 27.6 Å². The van der Waals surface area contributed by atoms with Crippen LogP contribution in [-0.2, 0) is 14.4 Å². The monoisotopic (exact) mass is 582 g/mol. The van der Waals surface area contributed by atoms with Crippen LogP contribution >= 0.6 is 11.8 Å². The quantitative estimate of drug-likeness (QED) is 0.344. The van der Waals surface area contributed by atoms with Gasteiger partial charge in [-0.1, -0.05) is 6.07 Å². The van der Waals surface area contributed by atoms with Gasteiger partial charge in [-0.3, -0.25) is 19.3 Å². The summed E-state index contributed by atoms with van der Waals surface area (Å²) < 4.78 is 38.6. The first-order chi connectivity index (χ1) is 19.0. The maximum absolute atomic E-state index is 12.9. The zero-order valence-electron chi connectivity index (χ0n) is 22.8. The van der Waals surface area contributed by atoms with E-state index < -0.39 is 18.0 Å². The number of nitrogens with zero attached hydrogens (tertiary/aromatic N) is 3. The molecular weight excluding hydrogens is 545 g/mol. The summed E-state index contributed by atoms with van der Waals surface area (Å²) in [6.45, 7) is 5.60. The molecule has 3 N–H and O–H groups in total. The summed E-state index contributed by atoms with van der Waals surface area (Å²) in [5.74, 6) is -2.74. The van der Waals surface area contributed by atoms with Gasteiger partial charge >= 0.3 is 6.18 Å². The van der Waals surface area contributed by atoms with Gasteiger partial charge in [0.25, 0.3) is 0 Å². The molecule has 2 aliphatic rings. The Labute approximate surface area is 237 Å². The molecule has 2 heterocycles. The van der Waals surface area contributed by atoms with Gasteiger partial charge in [-0.05, 0) is 64.4 Å². The molecule has 0 aromatic heterocycles. The van der Waals surface area contributed by atoms with Gasteiger partial charge in [-0.25, -0.2) is 0 Å². The lowest BCUT2D eigenvalue weighted by molar-refractivity contribution is -0.184. The molecule has 3 atom stereocenters. The number of alkyl halides is 3. The summed E-state index contributed by atoms with van der Waals surface area (Å²) in [6, 6.07) is 9.17. The molecule has 3 rings (SSSR count). The van der Waals surface area contributed by atoms with Crippen LogP contribution in [0.2, 0.25) is 0 Å². The first kappa shape index (κ1) is 31.5. The molecule has 1 aromatic carbocycles. The number of hydrogen-bond acceptors (Lipinski definition) is 7. The number of anilines is 2. The summed E-state index contributed by atoms with van der Waals surface area (Å²) in [4.78, 5) is 41.0. The van der Waals surface area contributed by atoms with Crippen LogP contribution in [-0.4, -0.2) is 83.6 Å². The van der Waals surface area contributed by atoms with Crippen molar-refractivity contribution in [2.24, 2.45) is 11.8 Å². The molecule has 3 unspecified atom stereocenters. The highest BCUT2D eigenvalue weighted by atomic mass is 32.2. The molecule has 0 aliphatic carbocycles. The lowest BCUT2D eigenvalue weighted by Gasteiger charge is -2.32. The van der Waals surface area contributed by atoms with Crippen LogP contribution in [0.4, 0.5) is 24.5 Å². The predicted octanol–water partition coefficient (Wildman–Crippen LogP) is 3.66. The molecule has 0 spiro atoms. The highest BCUT2D eigenvalue weighted by Crippen LogP contribution is 2.37. The fourth-order valence-corrected chi connectivity index (χ4v) is 6.56. The summed E-state index contributed by atoms with van der Waals surface area (Å²) in [5.41, 5.74) is 1.32. The van der Waals surface area contributed by atoms with Gasteiger partial charge in [-0.15, -0.1) is 11.8 Å². The molecule has 220 valence electrons. The van der Waals surface area contributed by atoms with Crippen LogP contribution in [0.1, 0.15) is 39.5 Å². The summed E-state index contributed by atoms with van der Waals surface area (Å²) in [5, 5.41) is 17.6. The van der Waals surface area contributed by atoms with E-state index in [1.54, 1.807) is 34.9 Å². The number of carbonyl (C=O) groups is 3. The Hall–Kier alpha value is -2.98. The van der Waals surface area contributed by atoms with Gasteiger partial charge < -0.3 is 20.9 Å². The average molecular weight is 583 g/mol. The number of piperidine rings is 1. The van der Waals surface area contributed by atoms with Crippen molar-refractivity contribution in [1.82, 2.24) is 15.1 Å². The van der Waals surface area contributed by atoms with E-state index >= 15 is 0 Å². The Bertz CT molecular complexity index is 1070. The number of benzene rings is 1. The minimum atomic E-state index is -4.19. The first-order valence-corrected chi connectivity index (χ1v) is 14.6. The number of nitriles is 1. The molecule has 40 heavy (non-hydrogen) atoms.